The third-order valence-electron chi connectivity index (χ3n) is 3.60. The average molecular weight is 261 g/mol. The maximum atomic E-state index is 12.0. The molecule has 1 saturated carbocycles. The normalized spacial score (nSPS) is 22.2. The number of amides is 2. The quantitative estimate of drug-likeness (QED) is 0.761. The van der Waals surface area contributed by atoms with Gasteiger partial charge in [0, 0.05) is 23.2 Å². The summed E-state index contributed by atoms with van der Waals surface area (Å²) in [4.78, 5) is 23.2. The standard InChI is InChI=1S/C14H19N3O2/c1-8-6-11(4-5-12(8)13(16)18)17-14(19)9-2-3-10(15)7-9/h4-6,9-10H,2-3,7,15H2,1H3,(H2,16,18)(H,17,19). The molecule has 0 spiro atoms. The van der Waals surface area contributed by atoms with E-state index in [4.69, 9.17) is 11.5 Å². The zero-order chi connectivity index (χ0) is 14.0. The molecule has 1 aromatic rings. The highest BCUT2D eigenvalue weighted by atomic mass is 16.2. The zero-order valence-electron chi connectivity index (χ0n) is 11.0. The molecule has 2 atom stereocenters. The second-order valence-electron chi connectivity index (χ2n) is 5.15. The summed E-state index contributed by atoms with van der Waals surface area (Å²) in [5, 5.41) is 2.86. The van der Waals surface area contributed by atoms with Crippen LogP contribution < -0.4 is 16.8 Å². The largest absolute Gasteiger partial charge is 0.366 e. The topological polar surface area (TPSA) is 98.2 Å². The minimum atomic E-state index is -0.461. The Morgan fingerprint density at radius 3 is 2.58 bits per heavy atom. The van der Waals surface area contributed by atoms with Crippen molar-refractivity contribution in [3.63, 3.8) is 0 Å². The monoisotopic (exact) mass is 261 g/mol. The summed E-state index contributed by atoms with van der Waals surface area (Å²) in [6, 6.07) is 5.22. The molecule has 0 heterocycles. The number of carbonyl (C=O) groups is 2. The Balaban J connectivity index is 2.05. The van der Waals surface area contributed by atoms with Gasteiger partial charge in [-0.15, -0.1) is 0 Å². The highest BCUT2D eigenvalue weighted by Crippen LogP contribution is 2.25. The summed E-state index contributed by atoms with van der Waals surface area (Å²) in [5.74, 6) is -0.470. The molecule has 2 rings (SSSR count). The van der Waals surface area contributed by atoms with Crippen molar-refractivity contribution in [2.24, 2.45) is 17.4 Å². The zero-order valence-corrected chi connectivity index (χ0v) is 11.0. The number of carbonyl (C=O) groups excluding carboxylic acids is 2. The van der Waals surface area contributed by atoms with Crippen LogP contribution in [0.1, 0.15) is 35.2 Å². The molecule has 5 nitrogen and oxygen atoms in total. The first-order valence-corrected chi connectivity index (χ1v) is 6.44. The third kappa shape index (κ3) is 3.12. The van der Waals surface area contributed by atoms with Crippen LogP contribution in [0.25, 0.3) is 0 Å². The summed E-state index contributed by atoms with van der Waals surface area (Å²) in [6.45, 7) is 1.79. The van der Waals surface area contributed by atoms with Gasteiger partial charge in [-0.2, -0.15) is 0 Å². The van der Waals surface area contributed by atoms with Crippen LogP contribution in [0.5, 0.6) is 0 Å². The summed E-state index contributed by atoms with van der Waals surface area (Å²) in [7, 11) is 0. The molecule has 1 aromatic carbocycles. The van der Waals surface area contributed by atoms with Gasteiger partial charge in [-0.3, -0.25) is 9.59 Å². The molecule has 0 aromatic heterocycles. The van der Waals surface area contributed by atoms with Gasteiger partial charge in [0.05, 0.1) is 0 Å². The first kappa shape index (κ1) is 13.5. The number of nitrogens with one attached hydrogen (secondary N) is 1. The maximum absolute atomic E-state index is 12.0. The van der Waals surface area contributed by atoms with E-state index < -0.39 is 5.91 Å². The average Bonchev–Trinajstić information content (AvgIpc) is 2.75. The Labute approximate surface area is 112 Å². The van der Waals surface area contributed by atoms with Gasteiger partial charge in [0.2, 0.25) is 11.8 Å². The van der Waals surface area contributed by atoms with Crippen LogP contribution >= 0.6 is 0 Å². The van der Waals surface area contributed by atoms with Gasteiger partial charge in [0.1, 0.15) is 0 Å². The van der Waals surface area contributed by atoms with E-state index in [9.17, 15) is 9.59 Å². The van der Waals surface area contributed by atoms with Crippen LogP contribution in [0, 0.1) is 12.8 Å². The number of primary amides is 1. The number of anilines is 1. The number of hydrogen-bond donors (Lipinski definition) is 3. The number of benzene rings is 1. The second-order valence-corrected chi connectivity index (χ2v) is 5.15. The Morgan fingerprint density at radius 2 is 2.05 bits per heavy atom. The molecule has 0 aliphatic heterocycles. The van der Waals surface area contributed by atoms with Gasteiger partial charge in [0.15, 0.2) is 0 Å². The fraction of sp³-hybridized carbons (Fsp3) is 0.429. The summed E-state index contributed by atoms with van der Waals surface area (Å²) in [5.41, 5.74) is 13.0. The molecule has 1 aliphatic rings. The van der Waals surface area contributed by atoms with Crippen LogP contribution in [-0.4, -0.2) is 17.9 Å². The van der Waals surface area contributed by atoms with E-state index in [1.54, 1.807) is 25.1 Å². The molecule has 0 radical (unpaired) electrons. The fourth-order valence-corrected chi connectivity index (χ4v) is 2.52. The minimum Gasteiger partial charge on any atom is -0.366 e. The highest BCUT2D eigenvalue weighted by Gasteiger charge is 2.27. The van der Waals surface area contributed by atoms with E-state index in [2.05, 4.69) is 5.32 Å². The summed E-state index contributed by atoms with van der Waals surface area (Å²) < 4.78 is 0. The van der Waals surface area contributed by atoms with Gasteiger partial charge in [-0.1, -0.05) is 0 Å². The number of hydrogen-bond acceptors (Lipinski definition) is 3. The van der Waals surface area contributed by atoms with Crippen LogP contribution in [0.2, 0.25) is 0 Å². The molecule has 0 saturated heterocycles. The van der Waals surface area contributed by atoms with Crippen molar-refractivity contribution in [2.45, 2.75) is 32.2 Å². The molecular weight excluding hydrogens is 242 g/mol. The predicted molar refractivity (Wildman–Crippen MR) is 73.6 cm³/mol. The molecular formula is C14H19N3O2. The molecule has 2 unspecified atom stereocenters. The van der Waals surface area contributed by atoms with E-state index in [1.165, 1.54) is 0 Å². The molecule has 5 N–H and O–H groups in total. The fourth-order valence-electron chi connectivity index (χ4n) is 2.52. The van der Waals surface area contributed by atoms with Crippen LogP contribution in [-0.2, 0) is 4.79 Å². The lowest BCUT2D eigenvalue weighted by atomic mass is 10.1. The first-order valence-electron chi connectivity index (χ1n) is 6.44. The van der Waals surface area contributed by atoms with Gasteiger partial charge in [-0.25, -0.2) is 0 Å². The predicted octanol–water partition coefficient (Wildman–Crippen LogP) is 1.16. The lowest BCUT2D eigenvalue weighted by Gasteiger charge is -2.12. The molecule has 5 heteroatoms. The maximum Gasteiger partial charge on any atom is 0.248 e. The summed E-state index contributed by atoms with van der Waals surface area (Å²) >= 11 is 0. The number of rotatable bonds is 3. The van der Waals surface area contributed by atoms with Crippen molar-refractivity contribution in [1.82, 2.24) is 0 Å². The second kappa shape index (κ2) is 5.40. The Kier molecular flexibility index (Phi) is 3.85. The number of nitrogens with two attached hydrogens (primary N) is 2. The van der Waals surface area contributed by atoms with Gasteiger partial charge >= 0.3 is 0 Å². The molecule has 1 fully saturated rings. The smallest absolute Gasteiger partial charge is 0.248 e. The molecule has 19 heavy (non-hydrogen) atoms. The van der Waals surface area contributed by atoms with Crippen molar-refractivity contribution in [3.05, 3.63) is 29.3 Å². The molecule has 102 valence electrons. The molecule has 1 aliphatic carbocycles. The van der Waals surface area contributed by atoms with Gasteiger partial charge < -0.3 is 16.8 Å². The van der Waals surface area contributed by atoms with Crippen molar-refractivity contribution < 1.29 is 9.59 Å². The van der Waals surface area contributed by atoms with E-state index in [1.807, 2.05) is 0 Å². The first-order chi connectivity index (χ1) is 8.97. The molecule has 0 bridgehead atoms. The third-order valence-corrected chi connectivity index (χ3v) is 3.60. The SMILES string of the molecule is Cc1cc(NC(=O)C2CCC(N)C2)ccc1C(N)=O. The van der Waals surface area contributed by atoms with Crippen LogP contribution in [0.3, 0.4) is 0 Å². The van der Waals surface area contributed by atoms with Crippen molar-refractivity contribution in [2.75, 3.05) is 5.32 Å². The lowest BCUT2D eigenvalue weighted by Crippen LogP contribution is -2.23. The van der Waals surface area contributed by atoms with E-state index in [0.717, 1.165) is 24.8 Å². The number of aryl methyl sites for hydroxylation is 1. The summed E-state index contributed by atoms with van der Waals surface area (Å²) in [6.07, 6.45) is 2.48. The highest BCUT2D eigenvalue weighted by molar-refractivity contribution is 5.96. The van der Waals surface area contributed by atoms with E-state index >= 15 is 0 Å². The minimum absolute atomic E-state index is 0.000764. The van der Waals surface area contributed by atoms with Gasteiger partial charge in [0.25, 0.3) is 0 Å². The molecule has 2 amide bonds. The van der Waals surface area contributed by atoms with Crippen LogP contribution in [0.4, 0.5) is 5.69 Å². The van der Waals surface area contributed by atoms with Crippen molar-refractivity contribution >= 4 is 17.5 Å². The van der Waals surface area contributed by atoms with Gasteiger partial charge in [-0.05, 0) is 49.9 Å². The van der Waals surface area contributed by atoms with Crippen molar-refractivity contribution in [3.8, 4) is 0 Å². The van der Waals surface area contributed by atoms with E-state index in [-0.39, 0.29) is 17.9 Å². The Bertz CT molecular complexity index is 513. The Morgan fingerprint density at radius 1 is 1.32 bits per heavy atom. The Hall–Kier alpha value is -1.88. The van der Waals surface area contributed by atoms with Crippen molar-refractivity contribution in [1.29, 1.82) is 0 Å². The lowest BCUT2D eigenvalue weighted by molar-refractivity contribution is -0.119. The van der Waals surface area contributed by atoms with E-state index in [0.29, 0.717) is 11.3 Å². The van der Waals surface area contributed by atoms with Crippen LogP contribution in [0.15, 0.2) is 18.2 Å².